The van der Waals surface area contributed by atoms with Gasteiger partial charge in [0.15, 0.2) is 19.5 Å². The Bertz CT molecular complexity index is 436. The summed E-state index contributed by atoms with van der Waals surface area (Å²) < 4.78 is 11.8. The number of carbonyl (C=O) groups is 1. The van der Waals surface area contributed by atoms with Gasteiger partial charge in [-0.25, -0.2) is 0 Å². The van der Waals surface area contributed by atoms with Crippen LogP contribution in [0.5, 0.6) is 0 Å². The van der Waals surface area contributed by atoms with Gasteiger partial charge in [-0.2, -0.15) is 0 Å². The van der Waals surface area contributed by atoms with Gasteiger partial charge in [-0.3, -0.25) is 4.79 Å². The molecule has 1 rings (SSSR count). The zero-order valence-corrected chi connectivity index (χ0v) is 18.6. The van der Waals surface area contributed by atoms with E-state index in [-0.39, 0.29) is 17.6 Å². The van der Waals surface area contributed by atoms with Gasteiger partial charge in [0.05, 0.1) is 0 Å². The van der Waals surface area contributed by atoms with Gasteiger partial charge in [0.1, 0.15) is 6.29 Å². The first-order chi connectivity index (χ1) is 10.4. The van der Waals surface area contributed by atoms with Crippen molar-refractivity contribution in [2.75, 3.05) is 6.54 Å². The fourth-order valence-electron chi connectivity index (χ4n) is 2.07. The van der Waals surface area contributed by atoms with Crippen molar-refractivity contribution in [3.8, 4) is 0 Å². The molecule has 0 aromatic rings. The summed E-state index contributed by atoms with van der Waals surface area (Å²) >= 11 is 0. The van der Waals surface area contributed by atoms with E-state index in [0.717, 1.165) is 6.42 Å². The molecule has 1 amide bonds. The number of amides is 1. The highest BCUT2D eigenvalue weighted by Crippen LogP contribution is 2.45. The molecule has 0 saturated carbocycles. The quantitative estimate of drug-likeness (QED) is 0.380. The van der Waals surface area contributed by atoms with E-state index in [4.69, 9.17) is 8.85 Å². The van der Waals surface area contributed by atoms with Crippen molar-refractivity contribution in [1.29, 1.82) is 0 Å². The van der Waals surface area contributed by atoms with E-state index in [1.165, 1.54) is 9.81 Å². The Morgan fingerprint density at radius 1 is 1.23 bits per heavy atom. The molecule has 0 aromatic heterocycles. The van der Waals surface area contributed by atoms with E-state index in [9.17, 15) is 4.79 Å². The van der Waals surface area contributed by atoms with Gasteiger partial charge in [-0.05, 0) is 17.4 Å². The van der Waals surface area contributed by atoms with Gasteiger partial charge < -0.3 is 14.2 Å². The van der Waals surface area contributed by atoms with Crippen LogP contribution < -0.4 is 5.32 Å². The lowest BCUT2D eigenvalue weighted by molar-refractivity contribution is -0.118. The third-order valence-corrected chi connectivity index (χ3v) is 7.01. The predicted octanol–water partition coefficient (Wildman–Crippen LogP) is 2.32. The summed E-state index contributed by atoms with van der Waals surface area (Å²) in [6.07, 6.45) is 5.13. The lowest BCUT2D eigenvalue weighted by atomic mass is 9.88. The largest absolute Gasteiger partial charge is 0.400 e. The molecule has 4 nitrogen and oxygen atoms in total. The molecule has 22 heavy (non-hydrogen) atoms. The molecule has 0 bridgehead atoms. The molecule has 0 unspecified atom stereocenters. The lowest BCUT2D eigenvalue weighted by Gasteiger charge is -2.35. The van der Waals surface area contributed by atoms with E-state index >= 15 is 0 Å². The molecule has 0 atom stereocenters. The van der Waals surface area contributed by atoms with Crippen molar-refractivity contribution in [3.05, 3.63) is 22.0 Å². The van der Waals surface area contributed by atoms with E-state index in [1.807, 2.05) is 0 Å². The third kappa shape index (κ3) is 7.05. The van der Waals surface area contributed by atoms with Gasteiger partial charge >= 0.3 is 0 Å². The molecule has 1 heterocycles. The summed E-state index contributed by atoms with van der Waals surface area (Å²) in [5.41, 5.74) is -0.0195. The highest BCUT2D eigenvalue weighted by Gasteiger charge is 2.31. The highest BCUT2D eigenvalue weighted by atomic mass is 33.1. The maximum atomic E-state index is 10.9. The van der Waals surface area contributed by atoms with Crippen LogP contribution in [0.3, 0.4) is 0 Å². The average Bonchev–Trinajstić information content (AvgIpc) is 2.46. The molecule has 1 N–H and O–H groups in total. The number of allylic oxidation sites excluding steroid dienone is 3. The Morgan fingerprint density at radius 2 is 1.77 bits per heavy atom. The summed E-state index contributed by atoms with van der Waals surface area (Å²) in [4.78, 5) is 13.4. The first-order valence-electron chi connectivity index (χ1n) is 7.61. The van der Waals surface area contributed by atoms with Crippen LogP contribution in [0.1, 0.15) is 27.2 Å². The maximum absolute atomic E-state index is 10.9. The molecule has 126 valence electrons. The number of nitrogens with one attached hydrogen (secondary N) is 1. The number of hydrogen-bond donors (Lipinski definition) is 1. The summed E-state index contributed by atoms with van der Waals surface area (Å²) in [6, 6.07) is 0. The van der Waals surface area contributed by atoms with Gasteiger partial charge in [0, 0.05) is 23.8 Å². The first kappa shape index (κ1) is 20.0. The minimum absolute atomic E-state index is 0.00649. The fourth-order valence-corrected chi connectivity index (χ4v) is 6.32. The molecular weight excluding hydrogens is 350 g/mol. The van der Waals surface area contributed by atoms with Gasteiger partial charge in [-0.1, -0.05) is 54.6 Å². The highest BCUT2D eigenvalue weighted by molar-refractivity contribution is 8.79. The number of carbonyl (C=O) groups excluding carboxylic acids is 1. The van der Waals surface area contributed by atoms with Crippen molar-refractivity contribution >= 4 is 47.0 Å². The van der Waals surface area contributed by atoms with Gasteiger partial charge in [0.2, 0.25) is 5.91 Å². The Hall–Kier alpha value is 0.00377. The predicted molar refractivity (Wildman–Crippen MR) is 103 cm³/mol. The Morgan fingerprint density at radius 3 is 2.23 bits per heavy atom. The summed E-state index contributed by atoms with van der Waals surface area (Å²) in [7, 11) is 2.53. The summed E-state index contributed by atoms with van der Waals surface area (Å²) in [5, 5.41) is 2.83. The van der Waals surface area contributed by atoms with Crippen LogP contribution >= 0.6 is 21.6 Å². The van der Waals surface area contributed by atoms with Crippen LogP contribution in [0.15, 0.2) is 22.0 Å². The fraction of sp³-hybridized carbons (Fsp3) is 0.643. The van der Waals surface area contributed by atoms with Crippen LogP contribution in [0, 0.1) is 5.41 Å². The van der Waals surface area contributed by atoms with Crippen molar-refractivity contribution in [2.45, 2.75) is 46.6 Å². The summed E-state index contributed by atoms with van der Waals surface area (Å²) in [5.74, 6) is 0.00649. The zero-order valence-electron chi connectivity index (χ0n) is 14.1. The second-order valence-electron chi connectivity index (χ2n) is 5.75. The van der Waals surface area contributed by atoms with E-state index in [2.05, 4.69) is 44.4 Å². The van der Waals surface area contributed by atoms with E-state index in [0.29, 0.717) is 6.54 Å². The topological polar surface area (TPSA) is 47.6 Å². The number of hydrogen-bond acceptors (Lipinski definition) is 5. The van der Waals surface area contributed by atoms with Crippen molar-refractivity contribution in [2.24, 2.45) is 5.41 Å². The Labute approximate surface area is 146 Å². The minimum atomic E-state index is -0.481. The maximum Gasteiger partial charge on any atom is 0.217 e. The van der Waals surface area contributed by atoms with Gasteiger partial charge in [0.25, 0.3) is 0 Å². The van der Waals surface area contributed by atoms with Crippen molar-refractivity contribution < 1.29 is 13.6 Å². The molecule has 1 aliphatic rings. The van der Waals surface area contributed by atoms with Crippen LogP contribution in [-0.2, 0) is 13.6 Å². The van der Waals surface area contributed by atoms with Gasteiger partial charge in [-0.15, -0.1) is 0 Å². The van der Waals surface area contributed by atoms with E-state index < -0.39 is 19.5 Å². The molecule has 0 fully saturated rings. The smallest absolute Gasteiger partial charge is 0.217 e. The van der Waals surface area contributed by atoms with Crippen molar-refractivity contribution in [3.63, 3.8) is 0 Å². The summed E-state index contributed by atoms with van der Waals surface area (Å²) in [6.45, 7) is 10.9. The average molecular weight is 378 g/mol. The molecule has 8 heteroatoms. The van der Waals surface area contributed by atoms with E-state index in [1.54, 1.807) is 28.5 Å². The second-order valence-corrected chi connectivity index (χ2v) is 9.95. The minimum Gasteiger partial charge on any atom is -0.400 e. The zero-order chi connectivity index (χ0) is 16.6. The SMILES string of the molecule is C[SiH2]OC(O[SiH2]C)C(C)(C)CC1=CC=C(CNC(C)=O)SS1. The lowest BCUT2D eigenvalue weighted by Crippen LogP contribution is -2.36. The molecule has 0 radical (unpaired) electrons. The first-order valence-corrected chi connectivity index (χ1v) is 13.7. The molecular formula is C14H27NO3S2Si2. The van der Waals surface area contributed by atoms with Crippen molar-refractivity contribution in [1.82, 2.24) is 5.32 Å². The molecule has 1 aliphatic heterocycles. The standard InChI is InChI=1S/C14H27NO3S2Si2/c1-10(16)15-9-12-7-6-11(19-20-12)8-14(2,3)13(17-21-4)18-22-5/h6-7,13H,8-9,21-22H2,1-5H3,(H,15,16). The van der Waals surface area contributed by atoms with Crippen LogP contribution in [0.4, 0.5) is 0 Å². The Balaban J connectivity index is 2.63. The molecule has 0 aromatic carbocycles. The molecule has 0 spiro atoms. The van der Waals surface area contributed by atoms with Crippen LogP contribution in [0.25, 0.3) is 0 Å². The molecule has 0 saturated heterocycles. The second kappa shape index (κ2) is 9.99. The Kier molecular flexibility index (Phi) is 9.11. The third-order valence-electron chi connectivity index (χ3n) is 3.13. The monoisotopic (exact) mass is 377 g/mol. The van der Waals surface area contributed by atoms with Crippen LogP contribution in [0.2, 0.25) is 13.1 Å². The molecule has 0 aliphatic carbocycles. The normalized spacial score (nSPS) is 17.9. The number of rotatable bonds is 9. The van der Waals surface area contributed by atoms with Crippen LogP contribution in [-0.4, -0.2) is 38.3 Å².